The quantitative estimate of drug-likeness (QED) is 0.542. The summed E-state index contributed by atoms with van der Waals surface area (Å²) in [6, 6.07) is 11.8. The number of morpholine rings is 1. The Hall–Kier alpha value is -2.48. The fraction of sp³-hybridized carbons (Fsp3) is 0.263. The zero-order chi connectivity index (χ0) is 17.3. The van der Waals surface area contributed by atoms with E-state index in [1.54, 1.807) is 6.20 Å². The van der Waals surface area contributed by atoms with Gasteiger partial charge in [0, 0.05) is 24.7 Å². The normalized spacial score (nSPS) is 15.7. The molecule has 4 heterocycles. The van der Waals surface area contributed by atoms with Crippen LogP contribution in [0.25, 0.3) is 21.3 Å². The van der Waals surface area contributed by atoms with Crippen LogP contribution in [0.1, 0.15) is 5.76 Å². The molecule has 0 aliphatic carbocycles. The molecule has 26 heavy (non-hydrogen) atoms. The Morgan fingerprint density at radius 1 is 1.15 bits per heavy atom. The second kappa shape index (κ2) is 6.68. The van der Waals surface area contributed by atoms with E-state index in [9.17, 15) is 0 Å². The van der Waals surface area contributed by atoms with Gasteiger partial charge in [0.2, 0.25) is 0 Å². The van der Waals surface area contributed by atoms with Gasteiger partial charge in [0.1, 0.15) is 17.1 Å². The zero-order valence-electron chi connectivity index (χ0n) is 14.1. The lowest BCUT2D eigenvalue weighted by Gasteiger charge is -2.25. The topological polar surface area (TPSA) is 60.6 Å². The monoisotopic (exact) mass is 367 g/mol. The summed E-state index contributed by atoms with van der Waals surface area (Å²) in [5, 5.41) is 1.63. The molecule has 7 heteroatoms. The van der Waals surface area contributed by atoms with Gasteiger partial charge in [0.15, 0.2) is 5.65 Å². The average molecular weight is 367 g/mol. The van der Waals surface area contributed by atoms with E-state index in [0.717, 1.165) is 60.0 Å². The second-order valence-corrected chi connectivity index (χ2v) is 7.20. The van der Waals surface area contributed by atoms with E-state index in [2.05, 4.69) is 20.9 Å². The predicted molar refractivity (Wildman–Crippen MR) is 99.8 cm³/mol. The molecule has 3 aromatic heterocycles. The maximum absolute atomic E-state index is 5.96. The molecule has 0 N–H and O–H groups in total. The molecule has 0 atom stereocenters. The van der Waals surface area contributed by atoms with E-state index in [-0.39, 0.29) is 0 Å². The van der Waals surface area contributed by atoms with Crippen LogP contribution in [-0.4, -0.2) is 41.2 Å². The Labute approximate surface area is 154 Å². The molecular weight excluding hydrogens is 350 g/mol. The van der Waals surface area contributed by atoms with Crippen LogP contribution in [0.5, 0.6) is 10.9 Å². The van der Waals surface area contributed by atoms with Gasteiger partial charge in [-0.3, -0.25) is 4.90 Å². The van der Waals surface area contributed by atoms with Crippen molar-refractivity contribution in [2.24, 2.45) is 0 Å². The van der Waals surface area contributed by atoms with E-state index in [4.69, 9.17) is 13.9 Å². The Morgan fingerprint density at radius 2 is 2.08 bits per heavy atom. The minimum atomic E-state index is 0.593. The number of hydrogen-bond acceptors (Lipinski definition) is 7. The number of thiazole rings is 1. The third kappa shape index (κ3) is 3.16. The molecule has 1 saturated heterocycles. The van der Waals surface area contributed by atoms with E-state index < -0.39 is 0 Å². The number of pyridine rings is 1. The number of fused-ring (bicyclic) bond motifs is 2. The van der Waals surface area contributed by atoms with Crippen molar-refractivity contribution in [3.8, 4) is 10.9 Å². The summed E-state index contributed by atoms with van der Waals surface area (Å²) in [6.07, 6.45) is 1.74. The van der Waals surface area contributed by atoms with Gasteiger partial charge in [-0.2, -0.15) is 4.98 Å². The summed E-state index contributed by atoms with van der Waals surface area (Å²) < 4.78 is 18.3. The van der Waals surface area contributed by atoms with Gasteiger partial charge in [-0.05, 0) is 36.4 Å². The SMILES string of the molecule is c1cnc2nc(Oc3ccc4oc(CN5CCOCC5)cc4c3)sc2c1. The first-order chi connectivity index (χ1) is 12.8. The molecule has 0 spiro atoms. The van der Waals surface area contributed by atoms with Crippen molar-refractivity contribution in [1.29, 1.82) is 0 Å². The highest BCUT2D eigenvalue weighted by molar-refractivity contribution is 7.20. The molecule has 0 radical (unpaired) electrons. The van der Waals surface area contributed by atoms with E-state index in [1.165, 1.54) is 11.3 Å². The molecule has 132 valence electrons. The van der Waals surface area contributed by atoms with Crippen molar-refractivity contribution in [3.63, 3.8) is 0 Å². The summed E-state index contributed by atoms with van der Waals surface area (Å²) >= 11 is 1.49. The van der Waals surface area contributed by atoms with E-state index in [0.29, 0.717) is 10.8 Å². The van der Waals surface area contributed by atoms with E-state index >= 15 is 0 Å². The van der Waals surface area contributed by atoms with Crippen LogP contribution in [0.2, 0.25) is 0 Å². The Bertz CT molecular complexity index is 1020. The molecule has 4 aromatic rings. The maximum atomic E-state index is 5.96. The van der Waals surface area contributed by atoms with Crippen molar-refractivity contribution in [2.45, 2.75) is 6.54 Å². The summed E-state index contributed by atoms with van der Waals surface area (Å²) in [4.78, 5) is 11.0. The van der Waals surface area contributed by atoms with Gasteiger partial charge >= 0.3 is 0 Å². The van der Waals surface area contributed by atoms with Gasteiger partial charge in [0.05, 0.1) is 24.5 Å². The van der Waals surface area contributed by atoms with Gasteiger partial charge in [-0.25, -0.2) is 4.98 Å². The van der Waals surface area contributed by atoms with Crippen molar-refractivity contribution in [1.82, 2.24) is 14.9 Å². The number of benzene rings is 1. The first-order valence-electron chi connectivity index (χ1n) is 8.55. The number of ether oxygens (including phenoxy) is 2. The molecule has 6 nitrogen and oxygen atoms in total. The van der Waals surface area contributed by atoms with Crippen LogP contribution < -0.4 is 4.74 Å². The number of nitrogens with zero attached hydrogens (tertiary/aromatic N) is 3. The molecule has 5 rings (SSSR count). The minimum absolute atomic E-state index is 0.593. The Kier molecular flexibility index (Phi) is 4.05. The summed E-state index contributed by atoms with van der Waals surface area (Å²) in [5.74, 6) is 1.71. The van der Waals surface area contributed by atoms with Crippen LogP contribution in [0.4, 0.5) is 0 Å². The number of furan rings is 1. The standard InChI is InChI=1S/C19H17N3O3S/c1-2-17-18(20-5-1)21-19(26-17)25-14-3-4-16-13(10-14)11-15(24-16)12-22-6-8-23-9-7-22/h1-5,10-11H,6-9,12H2. The predicted octanol–water partition coefficient (Wildman–Crippen LogP) is 4.06. The van der Waals surface area contributed by atoms with Crippen molar-refractivity contribution >= 4 is 32.7 Å². The number of aromatic nitrogens is 2. The van der Waals surface area contributed by atoms with Crippen LogP contribution in [-0.2, 0) is 11.3 Å². The molecule has 1 aromatic carbocycles. The maximum Gasteiger partial charge on any atom is 0.281 e. The van der Waals surface area contributed by atoms with Gasteiger partial charge < -0.3 is 13.9 Å². The largest absolute Gasteiger partial charge is 0.460 e. The van der Waals surface area contributed by atoms with Crippen LogP contribution in [0.15, 0.2) is 47.0 Å². The van der Waals surface area contributed by atoms with Crippen molar-refractivity contribution in [2.75, 3.05) is 26.3 Å². The smallest absolute Gasteiger partial charge is 0.281 e. The molecular formula is C19H17N3O3S. The molecule has 0 unspecified atom stereocenters. The summed E-state index contributed by atoms with van der Waals surface area (Å²) in [7, 11) is 0. The molecule has 0 bridgehead atoms. The van der Waals surface area contributed by atoms with Crippen LogP contribution >= 0.6 is 11.3 Å². The second-order valence-electron chi connectivity index (χ2n) is 6.21. The number of rotatable bonds is 4. The lowest BCUT2D eigenvalue weighted by Crippen LogP contribution is -2.35. The lowest BCUT2D eigenvalue weighted by molar-refractivity contribution is 0.0315. The first-order valence-corrected chi connectivity index (χ1v) is 9.37. The Morgan fingerprint density at radius 3 is 2.96 bits per heavy atom. The Balaban J connectivity index is 1.36. The zero-order valence-corrected chi connectivity index (χ0v) is 14.9. The van der Waals surface area contributed by atoms with Crippen LogP contribution in [0, 0.1) is 0 Å². The highest BCUT2D eigenvalue weighted by Gasteiger charge is 2.14. The molecule has 1 aliphatic heterocycles. The molecule has 0 saturated carbocycles. The fourth-order valence-electron chi connectivity index (χ4n) is 3.09. The first kappa shape index (κ1) is 15.7. The third-order valence-corrected chi connectivity index (χ3v) is 5.26. The summed E-state index contributed by atoms with van der Waals surface area (Å²) in [5.41, 5.74) is 1.58. The van der Waals surface area contributed by atoms with Crippen LogP contribution in [0.3, 0.4) is 0 Å². The highest BCUT2D eigenvalue weighted by atomic mass is 32.1. The van der Waals surface area contributed by atoms with Crippen molar-refractivity contribution < 1.29 is 13.9 Å². The molecule has 1 fully saturated rings. The molecule has 0 amide bonds. The summed E-state index contributed by atoms with van der Waals surface area (Å²) in [6.45, 7) is 4.26. The fourth-order valence-corrected chi connectivity index (χ4v) is 3.89. The minimum Gasteiger partial charge on any atom is -0.460 e. The van der Waals surface area contributed by atoms with Gasteiger partial charge in [0.25, 0.3) is 5.19 Å². The third-order valence-electron chi connectivity index (χ3n) is 4.37. The number of hydrogen-bond donors (Lipinski definition) is 0. The lowest BCUT2D eigenvalue weighted by atomic mass is 10.2. The van der Waals surface area contributed by atoms with E-state index in [1.807, 2.05) is 30.3 Å². The average Bonchev–Trinajstić information content (AvgIpc) is 3.24. The highest BCUT2D eigenvalue weighted by Crippen LogP contribution is 2.32. The van der Waals surface area contributed by atoms with Gasteiger partial charge in [-0.15, -0.1) is 0 Å². The van der Waals surface area contributed by atoms with Gasteiger partial charge in [-0.1, -0.05) is 11.3 Å². The molecule has 1 aliphatic rings. The van der Waals surface area contributed by atoms with Crippen molar-refractivity contribution in [3.05, 3.63) is 48.4 Å².